The summed E-state index contributed by atoms with van der Waals surface area (Å²) in [6, 6.07) is 9.93. The third-order valence-electron chi connectivity index (χ3n) is 3.27. The van der Waals surface area contributed by atoms with Gasteiger partial charge in [0.1, 0.15) is 23.7 Å². The molecule has 110 valence electrons. The molecular formula is C15H20O4S. The summed E-state index contributed by atoms with van der Waals surface area (Å²) in [6.07, 6.45) is 0.228. The van der Waals surface area contributed by atoms with Crippen LogP contribution in [-0.4, -0.2) is 50.9 Å². The van der Waals surface area contributed by atoms with Gasteiger partial charge in [-0.05, 0) is 12.5 Å². The number of thioether (sulfide) groups is 1. The Balaban J connectivity index is 1.83. The second-order valence-electron chi connectivity index (χ2n) is 4.83. The molecule has 0 unspecified atom stereocenters. The number of hydrogen-bond acceptors (Lipinski definition) is 5. The Morgan fingerprint density at radius 3 is 2.50 bits per heavy atom. The largest absolute Gasteiger partial charge is 0.388 e. The Morgan fingerprint density at radius 1 is 1.10 bits per heavy atom. The molecule has 1 saturated heterocycles. The molecule has 0 aliphatic carbocycles. The van der Waals surface area contributed by atoms with E-state index in [2.05, 4.69) is 0 Å². The molecule has 3 N–H and O–H groups in total. The highest BCUT2D eigenvalue weighted by Gasteiger charge is 2.41. The maximum Gasteiger partial charge on any atom is 0.132 e. The van der Waals surface area contributed by atoms with Crippen LogP contribution in [0.15, 0.2) is 36.4 Å². The van der Waals surface area contributed by atoms with Gasteiger partial charge in [-0.15, -0.1) is 11.8 Å². The molecule has 0 radical (unpaired) electrons. The number of ether oxygens (including phenoxy) is 1. The molecule has 5 heteroatoms. The summed E-state index contributed by atoms with van der Waals surface area (Å²) in [5.74, 6) is 0.659. The van der Waals surface area contributed by atoms with E-state index in [0.29, 0.717) is 5.75 Å². The first kappa shape index (κ1) is 15.5. The van der Waals surface area contributed by atoms with Gasteiger partial charge in [-0.3, -0.25) is 0 Å². The molecule has 1 aliphatic rings. The van der Waals surface area contributed by atoms with Gasteiger partial charge in [-0.25, -0.2) is 0 Å². The maximum atomic E-state index is 9.86. The van der Waals surface area contributed by atoms with Crippen LogP contribution in [0.2, 0.25) is 0 Å². The predicted octanol–water partition coefficient (Wildman–Crippen LogP) is 1.26. The lowest BCUT2D eigenvalue weighted by Gasteiger charge is -2.38. The van der Waals surface area contributed by atoms with E-state index in [1.807, 2.05) is 42.5 Å². The molecule has 0 spiro atoms. The van der Waals surface area contributed by atoms with Crippen LogP contribution in [0.25, 0.3) is 6.08 Å². The van der Waals surface area contributed by atoms with Crippen molar-refractivity contribution >= 4 is 17.8 Å². The lowest BCUT2D eigenvalue weighted by molar-refractivity contribution is -0.192. The van der Waals surface area contributed by atoms with Crippen molar-refractivity contribution in [2.24, 2.45) is 0 Å². The monoisotopic (exact) mass is 296 g/mol. The zero-order valence-corrected chi connectivity index (χ0v) is 12.1. The highest BCUT2D eigenvalue weighted by atomic mass is 32.2. The molecule has 20 heavy (non-hydrogen) atoms. The third kappa shape index (κ3) is 3.84. The zero-order valence-electron chi connectivity index (χ0n) is 11.3. The summed E-state index contributed by atoms with van der Waals surface area (Å²) < 4.78 is 5.50. The fourth-order valence-electron chi connectivity index (χ4n) is 2.05. The van der Waals surface area contributed by atoms with Gasteiger partial charge in [-0.2, -0.15) is 0 Å². The number of rotatable bonds is 4. The third-order valence-corrected chi connectivity index (χ3v) is 4.38. The molecule has 1 aromatic carbocycles. The van der Waals surface area contributed by atoms with Crippen LogP contribution in [-0.2, 0) is 4.74 Å². The number of benzene rings is 1. The van der Waals surface area contributed by atoms with Gasteiger partial charge in [0.15, 0.2) is 0 Å². The van der Waals surface area contributed by atoms with Gasteiger partial charge in [0.05, 0.1) is 6.10 Å². The van der Waals surface area contributed by atoms with Crippen LogP contribution >= 0.6 is 11.8 Å². The molecule has 0 amide bonds. The molecule has 1 aliphatic heterocycles. The van der Waals surface area contributed by atoms with E-state index < -0.39 is 29.9 Å². The summed E-state index contributed by atoms with van der Waals surface area (Å²) in [7, 11) is 0. The van der Waals surface area contributed by atoms with E-state index in [1.165, 1.54) is 11.8 Å². The number of hydrogen-bond donors (Lipinski definition) is 3. The number of aliphatic hydroxyl groups excluding tert-OH is 3. The second kappa shape index (κ2) is 7.24. The molecular weight excluding hydrogens is 276 g/mol. The standard InChI is InChI=1S/C15H20O4S/c1-10-12(16)13(17)14(18)15(19-10)20-9-5-8-11-6-3-2-4-7-11/h2-8,10,12-18H,9H2,1H3/t10-,12-,13+,14+,15-/m1/s1. The first-order valence-electron chi connectivity index (χ1n) is 6.62. The van der Waals surface area contributed by atoms with Gasteiger partial charge in [-0.1, -0.05) is 42.5 Å². The molecule has 2 rings (SSSR count). The van der Waals surface area contributed by atoms with E-state index in [-0.39, 0.29) is 0 Å². The van der Waals surface area contributed by atoms with Gasteiger partial charge >= 0.3 is 0 Å². The average molecular weight is 296 g/mol. The summed E-state index contributed by atoms with van der Waals surface area (Å²) in [5, 5.41) is 29.2. The minimum Gasteiger partial charge on any atom is -0.388 e. The Morgan fingerprint density at radius 2 is 1.80 bits per heavy atom. The first-order valence-corrected chi connectivity index (χ1v) is 7.67. The van der Waals surface area contributed by atoms with Crippen LogP contribution in [0.3, 0.4) is 0 Å². The predicted molar refractivity (Wildman–Crippen MR) is 80.3 cm³/mol. The summed E-state index contributed by atoms with van der Waals surface area (Å²) in [6.45, 7) is 1.69. The summed E-state index contributed by atoms with van der Waals surface area (Å²) >= 11 is 1.40. The molecule has 1 aromatic rings. The van der Waals surface area contributed by atoms with E-state index >= 15 is 0 Å². The maximum absolute atomic E-state index is 9.86. The fraction of sp³-hybridized carbons (Fsp3) is 0.467. The minimum atomic E-state index is -1.16. The second-order valence-corrected chi connectivity index (χ2v) is 5.96. The van der Waals surface area contributed by atoms with E-state index in [0.717, 1.165) is 5.56 Å². The number of aliphatic hydroxyl groups is 3. The first-order chi connectivity index (χ1) is 9.59. The smallest absolute Gasteiger partial charge is 0.132 e. The van der Waals surface area contributed by atoms with Crippen molar-refractivity contribution < 1.29 is 20.1 Å². The van der Waals surface area contributed by atoms with Gasteiger partial charge in [0.2, 0.25) is 0 Å². The topological polar surface area (TPSA) is 69.9 Å². The lowest BCUT2D eigenvalue weighted by Crippen LogP contribution is -2.55. The van der Waals surface area contributed by atoms with Crippen molar-refractivity contribution in [3.63, 3.8) is 0 Å². The summed E-state index contributed by atoms with van der Waals surface area (Å²) in [5.41, 5.74) is 0.589. The minimum absolute atomic E-state index is 0.482. The zero-order chi connectivity index (χ0) is 14.5. The van der Waals surface area contributed by atoms with Gasteiger partial charge in [0.25, 0.3) is 0 Å². The van der Waals surface area contributed by atoms with Crippen molar-refractivity contribution in [1.29, 1.82) is 0 Å². The molecule has 0 aromatic heterocycles. The highest BCUT2D eigenvalue weighted by Crippen LogP contribution is 2.28. The van der Waals surface area contributed by atoms with Crippen LogP contribution in [0, 0.1) is 0 Å². The van der Waals surface area contributed by atoms with E-state index in [9.17, 15) is 15.3 Å². The van der Waals surface area contributed by atoms with Crippen LogP contribution in [0.1, 0.15) is 12.5 Å². The normalized spacial score (nSPS) is 34.5. The molecule has 1 fully saturated rings. The Bertz CT molecular complexity index is 437. The Kier molecular flexibility index (Phi) is 5.63. The van der Waals surface area contributed by atoms with Crippen LogP contribution < -0.4 is 0 Å². The van der Waals surface area contributed by atoms with Crippen LogP contribution in [0.4, 0.5) is 0 Å². The molecule has 4 nitrogen and oxygen atoms in total. The van der Waals surface area contributed by atoms with Crippen molar-refractivity contribution in [3.8, 4) is 0 Å². The van der Waals surface area contributed by atoms with Gasteiger partial charge in [0, 0.05) is 5.75 Å². The van der Waals surface area contributed by atoms with E-state index in [1.54, 1.807) is 6.92 Å². The molecule has 0 saturated carbocycles. The highest BCUT2D eigenvalue weighted by molar-refractivity contribution is 7.99. The Hall–Kier alpha value is -0.850. The lowest BCUT2D eigenvalue weighted by atomic mass is 10.0. The molecule has 1 heterocycles. The average Bonchev–Trinajstić information content (AvgIpc) is 2.47. The van der Waals surface area contributed by atoms with Crippen molar-refractivity contribution in [1.82, 2.24) is 0 Å². The molecule has 5 atom stereocenters. The van der Waals surface area contributed by atoms with E-state index in [4.69, 9.17) is 4.74 Å². The SMILES string of the molecule is C[C@H]1O[C@H](SCC=Cc2ccccc2)[C@@H](O)[C@@H](O)[C@@H]1O. The summed E-state index contributed by atoms with van der Waals surface area (Å²) in [4.78, 5) is 0. The van der Waals surface area contributed by atoms with Crippen molar-refractivity contribution in [2.45, 2.75) is 36.8 Å². The van der Waals surface area contributed by atoms with Crippen molar-refractivity contribution in [3.05, 3.63) is 42.0 Å². The Labute approximate surface area is 123 Å². The van der Waals surface area contributed by atoms with Gasteiger partial charge < -0.3 is 20.1 Å². The van der Waals surface area contributed by atoms with Crippen molar-refractivity contribution in [2.75, 3.05) is 5.75 Å². The molecule has 0 bridgehead atoms. The fourth-order valence-corrected chi connectivity index (χ4v) is 3.06. The quantitative estimate of drug-likeness (QED) is 0.780. The van der Waals surface area contributed by atoms with Crippen LogP contribution in [0.5, 0.6) is 0 Å².